The summed E-state index contributed by atoms with van der Waals surface area (Å²) in [7, 11) is 0. The highest BCUT2D eigenvalue weighted by atomic mass is 16.4. The van der Waals surface area contributed by atoms with Crippen molar-refractivity contribution in [1.82, 2.24) is 0 Å². The standard InChI is InChI=1S/C5H10O5/c6-2-4(8)3(7)1-5(9)10/h3-4,6-8H,1-2H2,(H,9,10)/t3-,4?/m0/s1. The van der Waals surface area contributed by atoms with Crippen molar-refractivity contribution in [2.24, 2.45) is 0 Å². The predicted octanol–water partition coefficient (Wildman–Crippen LogP) is -1.82. The first-order valence-corrected chi connectivity index (χ1v) is 2.76. The highest BCUT2D eigenvalue weighted by Crippen LogP contribution is 1.97. The van der Waals surface area contributed by atoms with Gasteiger partial charge in [0.05, 0.1) is 19.1 Å². The average molecular weight is 150 g/mol. The van der Waals surface area contributed by atoms with Crippen LogP contribution in [0.2, 0.25) is 0 Å². The van der Waals surface area contributed by atoms with E-state index in [0.717, 1.165) is 0 Å². The third-order valence-electron chi connectivity index (χ3n) is 1.01. The quantitative estimate of drug-likeness (QED) is 0.378. The zero-order chi connectivity index (χ0) is 8.15. The van der Waals surface area contributed by atoms with Crippen LogP contribution in [0.15, 0.2) is 0 Å². The molecule has 60 valence electrons. The van der Waals surface area contributed by atoms with Crippen molar-refractivity contribution in [2.45, 2.75) is 18.6 Å². The third kappa shape index (κ3) is 3.39. The Bertz CT molecular complexity index is 113. The van der Waals surface area contributed by atoms with Crippen LogP contribution in [0.25, 0.3) is 0 Å². The van der Waals surface area contributed by atoms with Gasteiger partial charge < -0.3 is 20.4 Å². The van der Waals surface area contributed by atoms with Crippen LogP contribution in [0.1, 0.15) is 6.42 Å². The van der Waals surface area contributed by atoms with E-state index in [1.165, 1.54) is 0 Å². The summed E-state index contributed by atoms with van der Waals surface area (Å²) in [6.45, 7) is -0.631. The molecule has 0 amide bonds. The summed E-state index contributed by atoms with van der Waals surface area (Å²) in [4.78, 5) is 9.88. The van der Waals surface area contributed by atoms with Gasteiger partial charge in [0, 0.05) is 0 Å². The monoisotopic (exact) mass is 150 g/mol. The summed E-state index contributed by atoms with van der Waals surface area (Å²) in [5.74, 6) is -1.21. The van der Waals surface area contributed by atoms with Gasteiger partial charge in [-0.2, -0.15) is 0 Å². The molecule has 0 saturated heterocycles. The van der Waals surface area contributed by atoms with Crippen LogP contribution >= 0.6 is 0 Å². The molecular formula is C5H10O5. The minimum absolute atomic E-state index is 0.554. The maximum Gasteiger partial charge on any atom is 0.306 e. The summed E-state index contributed by atoms with van der Waals surface area (Å²) in [5.41, 5.74) is 0. The Balaban J connectivity index is 3.61. The first-order chi connectivity index (χ1) is 4.57. The molecule has 10 heavy (non-hydrogen) atoms. The second-order valence-electron chi connectivity index (χ2n) is 1.92. The number of hydrogen-bond acceptors (Lipinski definition) is 4. The molecule has 0 aliphatic rings. The van der Waals surface area contributed by atoms with Crippen molar-refractivity contribution in [3.8, 4) is 0 Å². The van der Waals surface area contributed by atoms with Crippen LogP contribution in [0, 0.1) is 0 Å². The van der Waals surface area contributed by atoms with E-state index in [9.17, 15) is 4.79 Å². The molecule has 5 heteroatoms. The molecule has 0 aliphatic heterocycles. The zero-order valence-corrected chi connectivity index (χ0v) is 5.27. The maximum atomic E-state index is 9.88. The van der Waals surface area contributed by atoms with Gasteiger partial charge in [0.1, 0.15) is 6.10 Å². The van der Waals surface area contributed by atoms with Crippen LogP contribution in [-0.4, -0.2) is 45.2 Å². The summed E-state index contributed by atoms with van der Waals surface area (Å²) in [5, 5.41) is 33.6. The number of rotatable bonds is 4. The fourth-order valence-electron chi connectivity index (χ4n) is 0.437. The first kappa shape index (κ1) is 9.35. The van der Waals surface area contributed by atoms with Crippen molar-refractivity contribution in [3.05, 3.63) is 0 Å². The molecular weight excluding hydrogens is 140 g/mol. The van der Waals surface area contributed by atoms with Crippen LogP contribution in [0.3, 0.4) is 0 Å². The number of carboxylic acids is 1. The molecule has 0 saturated carbocycles. The smallest absolute Gasteiger partial charge is 0.306 e. The Morgan fingerprint density at radius 1 is 1.30 bits per heavy atom. The van der Waals surface area contributed by atoms with E-state index < -0.39 is 31.2 Å². The van der Waals surface area contributed by atoms with Crippen LogP contribution in [0.4, 0.5) is 0 Å². The van der Waals surface area contributed by atoms with Crippen molar-refractivity contribution in [3.63, 3.8) is 0 Å². The number of aliphatic hydroxyl groups excluding tert-OH is 3. The lowest BCUT2D eigenvalue weighted by atomic mass is 10.1. The van der Waals surface area contributed by atoms with Gasteiger partial charge in [-0.15, -0.1) is 0 Å². The second kappa shape index (κ2) is 4.21. The third-order valence-corrected chi connectivity index (χ3v) is 1.01. The topological polar surface area (TPSA) is 98.0 Å². The Morgan fingerprint density at radius 2 is 1.80 bits per heavy atom. The van der Waals surface area contributed by atoms with Gasteiger partial charge >= 0.3 is 5.97 Å². The fraction of sp³-hybridized carbons (Fsp3) is 0.800. The number of aliphatic carboxylic acids is 1. The predicted molar refractivity (Wildman–Crippen MR) is 31.4 cm³/mol. The highest BCUT2D eigenvalue weighted by molar-refractivity contribution is 5.67. The Kier molecular flexibility index (Phi) is 3.94. The Morgan fingerprint density at radius 3 is 2.10 bits per heavy atom. The van der Waals surface area contributed by atoms with Gasteiger partial charge in [0.15, 0.2) is 0 Å². The summed E-state index contributed by atoms with van der Waals surface area (Å²) >= 11 is 0. The van der Waals surface area contributed by atoms with Crippen molar-refractivity contribution >= 4 is 5.97 Å². The Labute approximate surface area is 57.5 Å². The van der Waals surface area contributed by atoms with E-state index in [2.05, 4.69) is 0 Å². The number of carbonyl (C=O) groups is 1. The van der Waals surface area contributed by atoms with E-state index in [-0.39, 0.29) is 0 Å². The highest BCUT2D eigenvalue weighted by Gasteiger charge is 2.17. The summed E-state index contributed by atoms with van der Waals surface area (Å²) in [6, 6.07) is 0. The number of carboxylic acid groups (broad SMARTS) is 1. The normalized spacial score (nSPS) is 16.3. The lowest BCUT2D eigenvalue weighted by Crippen LogP contribution is -2.31. The molecule has 0 bridgehead atoms. The van der Waals surface area contributed by atoms with Gasteiger partial charge in [-0.05, 0) is 0 Å². The molecule has 0 radical (unpaired) electrons. The van der Waals surface area contributed by atoms with Crippen molar-refractivity contribution in [2.75, 3.05) is 6.61 Å². The lowest BCUT2D eigenvalue weighted by molar-refractivity contribution is -0.141. The Hall–Kier alpha value is -0.650. The van der Waals surface area contributed by atoms with Gasteiger partial charge in [0.25, 0.3) is 0 Å². The van der Waals surface area contributed by atoms with Crippen molar-refractivity contribution < 1.29 is 25.2 Å². The molecule has 0 aromatic heterocycles. The van der Waals surface area contributed by atoms with Crippen LogP contribution < -0.4 is 0 Å². The minimum Gasteiger partial charge on any atom is -0.481 e. The second-order valence-corrected chi connectivity index (χ2v) is 1.92. The molecule has 0 heterocycles. The van der Waals surface area contributed by atoms with Gasteiger partial charge in [-0.25, -0.2) is 0 Å². The minimum atomic E-state index is -1.39. The van der Waals surface area contributed by atoms with E-state index >= 15 is 0 Å². The summed E-state index contributed by atoms with van der Waals surface area (Å²) < 4.78 is 0. The molecule has 5 nitrogen and oxygen atoms in total. The largest absolute Gasteiger partial charge is 0.481 e. The lowest BCUT2D eigenvalue weighted by Gasteiger charge is -2.12. The molecule has 0 aliphatic carbocycles. The van der Waals surface area contributed by atoms with Crippen LogP contribution in [0.5, 0.6) is 0 Å². The summed E-state index contributed by atoms with van der Waals surface area (Å²) in [6.07, 6.45) is -3.31. The maximum absolute atomic E-state index is 9.88. The van der Waals surface area contributed by atoms with E-state index in [1.807, 2.05) is 0 Å². The molecule has 0 aromatic rings. The van der Waals surface area contributed by atoms with Gasteiger partial charge in [-0.1, -0.05) is 0 Å². The number of hydrogen-bond donors (Lipinski definition) is 4. The fourth-order valence-corrected chi connectivity index (χ4v) is 0.437. The number of aliphatic hydroxyl groups is 3. The average Bonchev–Trinajstić information content (AvgIpc) is 1.85. The molecule has 0 rings (SSSR count). The van der Waals surface area contributed by atoms with Crippen LogP contribution in [-0.2, 0) is 4.79 Å². The van der Waals surface area contributed by atoms with Gasteiger partial charge in [-0.3, -0.25) is 4.79 Å². The molecule has 0 aromatic carbocycles. The zero-order valence-electron chi connectivity index (χ0n) is 5.27. The first-order valence-electron chi connectivity index (χ1n) is 2.76. The van der Waals surface area contributed by atoms with E-state index in [4.69, 9.17) is 20.4 Å². The molecule has 1 unspecified atom stereocenters. The molecule has 2 atom stereocenters. The van der Waals surface area contributed by atoms with E-state index in [0.29, 0.717) is 0 Å². The molecule has 4 N–H and O–H groups in total. The van der Waals surface area contributed by atoms with Gasteiger partial charge in [0.2, 0.25) is 0 Å². The molecule has 0 fully saturated rings. The SMILES string of the molecule is O=C(O)C[C@H](O)C(O)CO. The van der Waals surface area contributed by atoms with Crippen molar-refractivity contribution in [1.29, 1.82) is 0 Å². The van der Waals surface area contributed by atoms with E-state index in [1.54, 1.807) is 0 Å². The molecule has 0 spiro atoms.